The van der Waals surface area contributed by atoms with Gasteiger partial charge in [-0.1, -0.05) is 20.8 Å². The Morgan fingerprint density at radius 1 is 1.40 bits per heavy atom. The van der Waals surface area contributed by atoms with Gasteiger partial charge in [0.2, 0.25) is 0 Å². The molecule has 1 aliphatic rings. The van der Waals surface area contributed by atoms with Crippen LogP contribution in [0.3, 0.4) is 0 Å². The first kappa shape index (κ1) is 11.6. The fraction of sp³-hybridized carbons (Fsp3) is 0.667. The van der Waals surface area contributed by atoms with Crippen LogP contribution >= 0.6 is 27.3 Å². The van der Waals surface area contributed by atoms with Gasteiger partial charge in [-0.25, -0.2) is 0 Å². The average molecular weight is 288 g/mol. The highest BCUT2D eigenvalue weighted by Gasteiger charge is 2.35. The van der Waals surface area contributed by atoms with E-state index in [0.717, 1.165) is 12.5 Å². The lowest BCUT2D eigenvalue weighted by Crippen LogP contribution is -2.51. The maximum atomic E-state index is 3.51. The Hall–Kier alpha value is 0.140. The van der Waals surface area contributed by atoms with Crippen LogP contribution in [0.4, 0.5) is 0 Å². The molecule has 0 N–H and O–H groups in total. The van der Waals surface area contributed by atoms with E-state index in [2.05, 4.69) is 53.7 Å². The zero-order valence-electron chi connectivity index (χ0n) is 9.59. The normalized spacial score (nSPS) is 19.2. The monoisotopic (exact) mass is 287 g/mol. The van der Waals surface area contributed by atoms with Gasteiger partial charge < -0.3 is 0 Å². The Morgan fingerprint density at radius 2 is 2.07 bits per heavy atom. The van der Waals surface area contributed by atoms with Crippen LogP contribution in [0.1, 0.15) is 25.6 Å². The Morgan fingerprint density at radius 3 is 2.53 bits per heavy atom. The van der Waals surface area contributed by atoms with Crippen molar-refractivity contribution in [2.45, 2.75) is 27.3 Å². The predicted octanol–water partition coefficient (Wildman–Crippen LogP) is 3.99. The molecular formula is C12H18BrNS. The number of rotatable bonds is 2. The largest absolute Gasteiger partial charge is 0.298 e. The number of halogens is 1. The van der Waals surface area contributed by atoms with Gasteiger partial charge in [-0.15, -0.1) is 11.3 Å². The molecule has 1 fully saturated rings. The van der Waals surface area contributed by atoms with Crippen molar-refractivity contribution in [1.29, 1.82) is 0 Å². The van der Waals surface area contributed by atoms with Crippen molar-refractivity contribution in [3.63, 3.8) is 0 Å². The molecule has 0 saturated carbocycles. The third-order valence-corrected chi connectivity index (χ3v) is 4.80. The maximum absolute atomic E-state index is 3.51. The SMILES string of the molecule is CC(C)(C)C1CN(Cc2ccc(Br)s2)C1. The minimum atomic E-state index is 0.479. The maximum Gasteiger partial charge on any atom is 0.0701 e. The summed E-state index contributed by atoms with van der Waals surface area (Å²) >= 11 is 5.35. The third kappa shape index (κ3) is 2.83. The van der Waals surface area contributed by atoms with Gasteiger partial charge in [-0.3, -0.25) is 4.90 Å². The van der Waals surface area contributed by atoms with Gasteiger partial charge in [0.1, 0.15) is 0 Å². The summed E-state index contributed by atoms with van der Waals surface area (Å²) in [6, 6.07) is 4.36. The second-order valence-corrected chi connectivity index (χ2v) is 8.01. The highest BCUT2D eigenvalue weighted by atomic mass is 79.9. The molecule has 2 rings (SSSR count). The molecule has 0 spiro atoms. The van der Waals surface area contributed by atoms with E-state index in [1.54, 1.807) is 0 Å². The van der Waals surface area contributed by atoms with Crippen LogP contribution < -0.4 is 0 Å². The molecule has 0 aromatic carbocycles. The van der Waals surface area contributed by atoms with E-state index in [0.29, 0.717) is 5.41 Å². The summed E-state index contributed by atoms with van der Waals surface area (Å²) in [5, 5.41) is 0. The second-order valence-electron chi connectivity index (χ2n) is 5.46. The molecule has 0 bridgehead atoms. The minimum absolute atomic E-state index is 0.479. The van der Waals surface area contributed by atoms with E-state index in [4.69, 9.17) is 0 Å². The molecule has 3 heteroatoms. The Kier molecular flexibility index (Phi) is 3.25. The van der Waals surface area contributed by atoms with Gasteiger partial charge in [-0.2, -0.15) is 0 Å². The molecule has 1 nitrogen and oxygen atoms in total. The van der Waals surface area contributed by atoms with Crippen molar-refractivity contribution < 1.29 is 0 Å². The Balaban J connectivity index is 1.81. The summed E-state index contributed by atoms with van der Waals surface area (Å²) in [4.78, 5) is 4.00. The average Bonchev–Trinajstić information content (AvgIpc) is 2.40. The predicted molar refractivity (Wildman–Crippen MR) is 70.2 cm³/mol. The zero-order chi connectivity index (χ0) is 11.1. The van der Waals surface area contributed by atoms with E-state index in [1.165, 1.54) is 21.8 Å². The lowest BCUT2D eigenvalue weighted by molar-refractivity contribution is 0.0196. The molecule has 84 valence electrons. The van der Waals surface area contributed by atoms with E-state index in [9.17, 15) is 0 Å². The molecule has 15 heavy (non-hydrogen) atoms. The molecule has 1 aromatic rings. The van der Waals surface area contributed by atoms with Crippen LogP contribution in [0.5, 0.6) is 0 Å². The van der Waals surface area contributed by atoms with Crippen LogP contribution in [0.15, 0.2) is 15.9 Å². The van der Waals surface area contributed by atoms with Crippen molar-refractivity contribution in [2.75, 3.05) is 13.1 Å². The quantitative estimate of drug-likeness (QED) is 0.795. The minimum Gasteiger partial charge on any atom is -0.298 e. The standard InChI is InChI=1S/C12H18BrNS/c1-12(2,3)9-6-14(7-9)8-10-4-5-11(13)15-10/h4-5,9H,6-8H2,1-3H3. The van der Waals surface area contributed by atoms with Crippen molar-refractivity contribution in [2.24, 2.45) is 11.3 Å². The fourth-order valence-corrected chi connectivity index (χ4v) is 3.43. The smallest absolute Gasteiger partial charge is 0.0701 e. The van der Waals surface area contributed by atoms with Gasteiger partial charge in [0.15, 0.2) is 0 Å². The summed E-state index contributed by atoms with van der Waals surface area (Å²) in [5.41, 5.74) is 0.479. The van der Waals surface area contributed by atoms with Crippen LogP contribution in [0.25, 0.3) is 0 Å². The molecule has 1 aliphatic heterocycles. The van der Waals surface area contributed by atoms with E-state index in [-0.39, 0.29) is 0 Å². The Labute approximate surface area is 105 Å². The fourth-order valence-electron chi connectivity index (χ4n) is 1.90. The molecule has 1 aromatic heterocycles. The molecule has 1 saturated heterocycles. The lowest BCUT2D eigenvalue weighted by atomic mass is 9.76. The van der Waals surface area contributed by atoms with Gasteiger partial charge >= 0.3 is 0 Å². The number of hydrogen-bond acceptors (Lipinski definition) is 2. The van der Waals surface area contributed by atoms with E-state index < -0.39 is 0 Å². The highest BCUT2D eigenvalue weighted by molar-refractivity contribution is 9.11. The molecule has 0 aliphatic carbocycles. The van der Waals surface area contributed by atoms with Crippen LogP contribution in [-0.2, 0) is 6.54 Å². The van der Waals surface area contributed by atoms with Gasteiger partial charge in [0, 0.05) is 24.5 Å². The first-order chi connectivity index (χ1) is 6.95. The van der Waals surface area contributed by atoms with Crippen molar-refractivity contribution in [3.05, 3.63) is 20.8 Å². The van der Waals surface area contributed by atoms with E-state index >= 15 is 0 Å². The summed E-state index contributed by atoms with van der Waals surface area (Å²) in [7, 11) is 0. The van der Waals surface area contributed by atoms with Crippen molar-refractivity contribution in [1.82, 2.24) is 4.90 Å². The van der Waals surface area contributed by atoms with E-state index in [1.807, 2.05) is 11.3 Å². The number of hydrogen-bond donors (Lipinski definition) is 0. The summed E-state index contributed by atoms with van der Waals surface area (Å²) in [6.45, 7) is 10.7. The lowest BCUT2D eigenvalue weighted by Gasteiger charge is -2.46. The number of thiophene rings is 1. The molecule has 0 amide bonds. The number of nitrogens with zero attached hydrogens (tertiary/aromatic N) is 1. The second kappa shape index (κ2) is 4.19. The highest BCUT2D eigenvalue weighted by Crippen LogP contribution is 2.35. The van der Waals surface area contributed by atoms with Crippen LogP contribution in [0, 0.1) is 11.3 Å². The van der Waals surface area contributed by atoms with Crippen molar-refractivity contribution in [3.8, 4) is 0 Å². The summed E-state index contributed by atoms with van der Waals surface area (Å²) < 4.78 is 1.24. The third-order valence-electron chi connectivity index (χ3n) is 3.19. The van der Waals surface area contributed by atoms with Crippen LogP contribution in [0.2, 0.25) is 0 Å². The molecule has 0 radical (unpaired) electrons. The molecule has 0 unspecified atom stereocenters. The molecular weight excluding hydrogens is 270 g/mol. The molecule has 0 atom stereocenters. The first-order valence-electron chi connectivity index (χ1n) is 5.42. The zero-order valence-corrected chi connectivity index (χ0v) is 12.0. The Bertz CT molecular complexity index is 334. The topological polar surface area (TPSA) is 3.24 Å². The van der Waals surface area contributed by atoms with Crippen LogP contribution in [-0.4, -0.2) is 18.0 Å². The number of likely N-dealkylation sites (tertiary alicyclic amines) is 1. The summed E-state index contributed by atoms with van der Waals surface area (Å²) in [6.07, 6.45) is 0. The molecule has 2 heterocycles. The van der Waals surface area contributed by atoms with Crippen molar-refractivity contribution >= 4 is 27.3 Å². The van der Waals surface area contributed by atoms with Gasteiger partial charge in [-0.05, 0) is 39.4 Å². The van der Waals surface area contributed by atoms with Gasteiger partial charge in [0.05, 0.1) is 3.79 Å². The summed E-state index contributed by atoms with van der Waals surface area (Å²) in [5.74, 6) is 0.876. The first-order valence-corrected chi connectivity index (χ1v) is 7.02. The van der Waals surface area contributed by atoms with Gasteiger partial charge in [0.25, 0.3) is 0 Å².